The number of carbonyl (C=O) groups is 1. The highest BCUT2D eigenvalue weighted by Crippen LogP contribution is 2.31. The molecule has 0 atom stereocenters. The second kappa shape index (κ2) is 5.49. The van der Waals surface area contributed by atoms with Crippen molar-refractivity contribution in [3.8, 4) is 0 Å². The summed E-state index contributed by atoms with van der Waals surface area (Å²) in [6.07, 6.45) is 7.74. The van der Waals surface area contributed by atoms with E-state index in [1.807, 2.05) is 0 Å². The van der Waals surface area contributed by atoms with E-state index in [0.717, 1.165) is 0 Å². The molecule has 1 heterocycles. The summed E-state index contributed by atoms with van der Waals surface area (Å²) < 4.78 is 0. The Hall–Kier alpha value is -1.10. The van der Waals surface area contributed by atoms with Gasteiger partial charge in [-0.1, -0.05) is 31.0 Å². The lowest BCUT2D eigenvalue weighted by Gasteiger charge is -2.19. The predicted molar refractivity (Wildman–Crippen MR) is 66.5 cm³/mol. The van der Waals surface area contributed by atoms with E-state index >= 15 is 0 Å². The third kappa shape index (κ3) is 3.19. The minimum atomic E-state index is -0.961. The second-order valence-corrected chi connectivity index (χ2v) is 5.60. The van der Waals surface area contributed by atoms with Crippen LogP contribution < -0.4 is 0 Å². The maximum Gasteiger partial charge on any atom is 0.339 e. The average Bonchev–Trinajstić information content (AvgIpc) is 2.30. The van der Waals surface area contributed by atoms with Gasteiger partial charge in [-0.3, -0.25) is 0 Å². The minimum Gasteiger partial charge on any atom is -0.478 e. The Morgan fingerprint density at radius 3 is 2.71 bits per heavy atom. The largest absolute Gasteiger partial charge is 0.478 e. The Kier molecular flexibility index (Phi) is 3.99. The number of carboxylic acids is 1. The van der Waals surface area contributed by atoms with Crippen LogP contribution in [0.15, 0.2) is 11.4 Å². The molecule has 1 aliphatic rings. The predicted octanol–water partition coefficient (Wildman–Crippen LogP) is 2.91. The van der Waals surface area contributed by atoms with Crippen LogP contribution in [0, 0.1) is 6.92 Å². The molecule has 1 aromatic heterocycles. The highest BCUT2D eigenvalue weighted by Gasteiger charge is 2.17. The molecule has 1 saturated carbocycles. The standard InChI is InChI=1S/C12H16N2O2S/c1-8-10(11(15)16)7-13-12(14-8)17-9-5-3-2-4-6-9/h7,9H,2-6H2,1H3,(H,15,16). The molecule has 0 amide bonds. The van der Waals surface area contributed by atoms with Crippen molar-refractivity contribution < 1.29 is 9.90 Å². The van der Waals surface area contributed by atoms with E-state index in [1.54, 1.807) is 18.7 Å². The fourth-order valence-electron chi connectivity index (χ4n) is 2.04. The Morgan fingerprint density at radius 2 is 2.12 bits per heavy atom. The van der Waals surface area contributed by atoms with Crippen LogP contribution in [0.5, 0.6) is 0 Å². The number of aryl methyl sites for hydroxylation is 1. The summed E-state index contributed by atoms with van der Waals surface area (Å²) in [5.41, 5.74) is 0.740. The first kappa shape index (κ1) is 12.4. The summed E-state index contributed by atoms with van der Waals surface area (Å²) in [7, 11) is 0. The molecule has 0 spiro atoms. The van der Waals surface area contributed by atoms with Gasteiger partial charge in [-0.2, -0.15) is 0 Å². The van der Waals surface area contributed by atoms with Crippen molar-refractivity contribution in [2.45, 2.75) is 49.4 Å². The van der Waals surface area contributed by atoms with E-state index < -0.39 is 5.97 Å². The molecular formula is C12H16N2O2S. The molecule has 0 bridgehead atoms. The first-order valence-corrected chi connectivity index (χ1v) is 6.78. The van der Waals surface area contributed by atoms with Gasteiger partial charge in [0.2, 0.25) is 0 Å². The van der Waals surface area contributed by atoms with E-state index in [-0.39, 0.29) is 5.56 Å². The summed E-state index contributed by atoms with van der Waals surface area (Å²) in [4.78, 5) is 19.2. The van der Waals surface area contributed by atoms with Crippen molar-refractivity contribution in [1.82, 2.24) is 9.97 Å². The fraction of sp³-hybridized carbons (Fsp3) is 0.583. The molecule has 17 heavy (non-hydrogen) atoms. The van der Waals surface area contributed by atoms with Gasteiger partial charge in [0, 0.05) is 11.4 Å². The van der Waals surface area contributed by atoms with Gasteiger partial charge in [0.05, 0.1) is 11.3 Å². The lowest BCUT2D eigenvalue weighted by Crippen LogP contribution is -2.10. The van der Waals surface area contributed by atoms with Crippen LogP contribution in [0.1, 0.15) is 48.2 Å². The molecule has 0 aliphatic heterocycles. The number of aromatic nitrogens is 2. The lowest BCUT2D eigenvalue weighted by atomic mass is 10.0. The molecule has 0 radical (unpaired) electrons. The van der Waals surface area contributed by atoms with Gasteiger partial charge in [0.1, 0.15) is 0 Å². The minimum absolute atomic E-state index is 0.193. The van der Waals surface area contributed by atoms with E-state index in [0.29, 0.717) is 16.1 Å². The number of carboxylic acid groups (broad SMARTS) is 1. The first-order valence-electron chi connectivity index (χ1n) is 5.90. The summed E-state index contributed by atoms with van der Waals surface area (Å²) in [5, 5.41) is 10.2. The van der Waals surface area contributed by atoms with Crippen LogP contribution in [-0.2, 0) is 0 Å². The normalized spacial score (nSPS) is 17.0. The topological polar surface area (TPSA) is 63.1 Å². The summed E-state index contributed by atoms with van der Waals surface area (Å²) in [6, 6.07) is 0. The Labute approximate surface area is 105 Å². The van der Waals surface area contributed by atoms with Gasteiger partial charge in [-0.15, -0.1) is 0 Å². The molecule has 92 valence electrons. The fourth-order valence-corrected chi connectivity index (χ4v) is 3.21. The third-order valence-corrected chi connectivity index (χ3v) is 4.22. The maximum atomic E-state index is 10.8. The summed E-state index contributed by atoms with van der Waals surface area (Å²) in [6.45, 7) is 1.72. The van der Waals surface area contributed by atoms with Crippen LogP contribution in [-0.4, -0.2) is 26.3 Å². The number of nitrogens with zero attached hydrogens (tertiary/aromatic N) is 2. The Balaban J connectivity index is 2.06. The van der Waals surface area contributed by atoms with Crippen molar-refractivity contribution in [3.05, 3.63) is 17.5 Å². The molecule has 0 saturated heterocycles. The first-order chi connectivity index (χ1) is 8.16. The van der Waals surface area contributed by atoms with Crippen molar-refractivity contribution in [3.63, 3.8) is 0 Å². The zero-order valence-corrected chi connectivity index (χ0v) is 10.7. The number of rotatable bonds is 3. The number of hydrogen-bond donors (Lipinski definition) is 1. The monoisotopic (exact) mass is 252 g/mol. The lowest BCUT2D eigenvalue weighted by molar-refractivity contribution is 0.0695. The Morgan fingerprint density at radius 1 is 1.41 bits per heavy atom. The van der Waals surface area contributed by atoms with Gasteiger partial charge < -0.3 is 5.11 Å². The number of aromatic carboxylic acids is 1. The van der Waals surface area contributed by atoms with Crippen LogP contribution in [0.3, 0.4) is 0 Å². The molecule has 0 unspecified atom stereocenters. The number of hydrogen-bond acceptors (Lipinski definition) is 4. The number of thioether (sulfide) groups is 1. The smallest absolute Gasteiger partial charge is 0.339 e. The molecule has 0 aromatic carbocycles. The van der Waals surface area contributed by atoms with Crippen molar-refractivity contribution >= 4 is 17.7 Å². The highest BCUT2D eigenvalue weighted by molar-refractivity contribution is 7.99. The van der Waals surface area contributed by atoms with Crippen LogP contribution >= 0.6 is 11.8 Å². The van der Waals surface area contributed by atoms with Gasteiger partial charge in [-0.05, 0) is 19.8 Å². The SMILES string of the molecule is Cc1nc(SC2CCCCC2)ncc1C(=O)O. The van der Waals surface area contributed by atoms with E-state index in [1.165, 1.54) is 38.3 Å². The van der Waals surface area contributed by atoms with Gasteiger partial charge in [0.25, 0.3) is 0 Å². The van der Waals surface area contributed by atoms with Gasteiger partial charge in [-0.25, -0.2) is 14.8 Å². The van der Waals surface area contributed by atoms with Crippen molar-refractivity contribution in [1.29, 1.82) is 0 Å². The van der Waals surface area contributed by atoms with Crippen molar-refractivity contribution in [2.24, 2.45) is 0 Å². The van der Waals surface area contributed by atoms with Crippen LogP contribution in [0.2, 0.25) is 0 Å². The highest BCUT2D eigenvalue weighted by atomic mass is 32.2. The van der Waals surface area contributed by atoms with E-state index in [2.05, 4.69) is 9.97 Å². The molecule has 1 aromatic rings. The molecule has 1 N–H and O–H groups in total. The zero-order chi connectivity index (χ0) is 12.3. The molecular weight excluding hydrogens is 236 g/mol. The van der Waals surface area contributed by atoms with Crippen molar-refractivity contribution in [2.75, 3.05) is 0 Å². The molecule has 1 fully saturated rings. The second-order valence-electron chi connectivity index (χ2n) is 4.33. The quantitative estimate of drug-likeness (QED) is 0.838. The molecule has 4 nitrogen and oxygen atoms in total. The van der Waals surface area contributed by atoms with Gasteiger partial charge >= 0.3 is 5.97 Å². The third-order valence-electron chi connectivity index (χ3n) is 3.01. The maximum absolute atomic E-state index is 10.8. The average molecular weight is 252 g/mol. The molecule has 1 aliphatic carbocycles. The summed E-state index contributed by atoms with van der Waals surface area (Å²) in [5.74, 6) is -0.961. The molecule has 2 rings (SSSR count). The Bertz CT molecular complexity index is 417. The molecule has 5 heteroatoms. The van der Waals surface area contributed by atoms with Gasteiger partial charge in [0.15, 0.2) is 5.16 Å². The van der Waals surface area contributed by atoms with E-state index in [9.17, 15) is 4.79 Å². The van der Waals surface area contributed by atoms with E-state index in [4.69, 9.17) is 5.11 Å². The van der Waals surface area contributed by atoms with Crippen LogP contribution in [0.4, 0.5) is 0 Å². The van der Waals surface area contributed by atoms with Crippen LogP contribution in [0.25, 0.3) is 0 Å². The zero-order valence-electron chi connectivity index (χ0n) is 9.85. The summed E-state index contributed by atoms with van der Waals surface area (Å²) >= 11 is 1.68.